The lowest BCUT2D eigenvalue weighted by molar-refractivity contribution is 0.0827. The van der Waals surface area contributed by atoms with Crippen LogP contribution in [0.1, 0.15) is 41.9 Å². The highest BCUT2D eigenvalue weighted by atomic mass is 35.5. The Labute approximate surface area is 144 Å². The molecule has 0 bridgehead atoms. The Kier molecular flexibility index (Phi) is 3.95. The van der Waals surface area contributed by atoms with Gasteiger partial charge in [0.2, 0.25) is 0 Å². The number of phenolic OH excluding ortho intramolecular Hbond substituents is 1. The average Bonchev–Trinajstić information content (AvgIpc) is 3.12. The van der Waals surface area contributed by atoms with Crippen molar-refractivity contribution in [3.8, 4) is 5.75 Å². The third-order valence-electron chi connectivity index (χ3n) is 4.79. The maximum atomic E-state index is 10.2. The molecule has 2 aliphatic heterocycles. The molecule has 1 N–H and O–H groups in total. The zero-order valence-corrected chi connectivity index (χ0v) is 14.0. The van der Waals surface area contributed by atoms with Gasteiger partial charge in [-0.2, -0.15) is 0 Å². The minimum atomic E-state index is 0.0743. The molecule has 1 fully saturated rings. The van der Waals surface area contributed by atoms with Crippen LogP contribution in [0.15, 0.2) is 12.1 Å². The molecule has 23 heavy (non-hydrogen) atoms. The van der Waals surface area contributed by atoms with E-state index in [0.29, 0.717) is 27.9 Å². The fraction of sp³-hybridized carbons (Fsp3) is 0.500. The van der Waals surface area contributed by atoms with Crippen LogP contribution >= 0.6 is 23.2 Å². The number of hydrogen-bond acceptors (Lipinski definition) is 4. The summed E-state index contributed by atoms with van der Waals surface area (Å²) in [6.07, 6.45) is 2.67. The number of rotatable bonds is 2. The van der Waals surface area contributed by atoms with Crippen molar-refractivity contribution in [1.82, 2.24) is 14.8 Å². The van der Waals surface area contributed by atoms with Gasteiger partial charge < -0.3 is 14.4 Å². The zero-order valence-electron chi connectivity index (χ0n) is 12.5. The zero-order chi connectivity index (χ0) is 16.0. The molecule has 1 aromatic heterocycles. The number of halogens is 2. The van der Waals surface area contributed by atoms with Crippen LogP contribution in [0.4, 0.5) is 0 Å². The Morgan fingerprint density at radius 1 is 1.13 bits per heavy atom. The van der Waals surface area contributed by atoms with E-state index in [1.807, 2.05) is 0 Å². The molecule has 7 heteroatoms. The first-order valence-electron chi connectivity index (χ1n) is 7.81. The van der Waals surface area contributed by atoms with Gasteiger partial charge >= 0.3 is 0 Å². The molecule has 5 nitrogen and oxygen atoms in total. The van der Waals surface area contributed by atoms with Gasteiger partial charge in [0.25, 0.3) is 0 Å². The van der Waals surface area contributed by atoms with Gasteiger partial charge in [-0.3, -0.25) is 0 Å². The summed E-state index contributed by atoms with van der Waals surface area (Å²) in [6.45, 7) is 2.27. The summed E-state index contributed by atoms with van der Waals surface area (Å²) in [5.41, 5.74) is 0.711. The number of hydrogen-bond donors (Lipinski definition) is 1. The lowest BCUT2D eigenvalue weighted by Crippen LogP contribution is -2.18. The van der Waals surface area contributed by atoms with Gasteiger partial charge in [0.05, 0.1) is 10.0 Å². The lowest BCUT2D eigenvalue weighted by Gasteiger charge is -2.22. The molecule has 122 valence electrons. The average molecular weight is 354 g/mol. The smallest absolute Gasteiger partial charge is 0.136 e. The molecule has 1 aromatic carbocycles. The fourth-order valence-electron chi connectivity index (χ4n) is 3.60. The highest BCUT2D eigenvalue weighted by molar-refractivity contribution is 6.42. The molecule has 0 amide bonds. The van der Waals surface area contributed by atoms with Crippen molar-refractivity contribution in [2.75, 3.05) is 13.2 Å². The van der Waals surface area contributed by atoms with Crippen LogP contribution in [0.2, 0.25) is 10.0 Å². The third-order valence-corrected chi connectivity index (χ3v) is 5.61. The number of aromatic nitrogens is 3. The summed E-state index contributed by atoms with van der Waals surface area (Å²) in [7, 11) is 0. The van der Waals surface area contributed by atoms with E-state index in [0.717, 1.165) is 44.2 Å². The van der Waals surface area contributed by atoms with Crippen molar-refractivity contribution < 1.29 is 9.84 Å². The second-order valence-electron chi connectivity index (χ2n) is 6.17. The number of fused-ring (bicyclic) bond motifs is 1. The number of phenols is 1. The molecular weight excluding hydrogens is 337 g/mol. The maximum Gasteiger partial charge on any atom is 0.136 e. The molecule has 0 unspecified atom stereocenters. The summed E-state index contributed by atoms with van der Waals surface area (Å²) < 4.78 is 7.61. The molecule has 2 aliphatic rings. The number of nitrogens with zero attached hydrogens (tertiary/aromatic N) is 3. The SMILES string of the molecule is Oc1ccc(Cl)c(Cl)c1[C@@H]1Cc2nnc(C3CCOCC3)n2C1. The van der Waals surface area contributed by atoms with Crippen LogP contribution < -0.4 is 0 Å². The van der Waals surface area contributed by atoms with E-state index in [-0.39, 0.29) is 11.7 Å². The third kappa shape index (κ3) is 2.61. The molecule has 0 spiro atoms. The number of benzene rings is 1. The first-order chi connectivity index (χ1) is 11.1. The Hall–Kier alpha value is -1.30. The molecule has 4 rings (SSSR count). The second kappa shape index (κ2) is 5.96. The van der Waals surface area contributed by atoms with Crippen molar-refractivity contribution in [1.29, 1.82) is 0 Å². The Bertz CT molecular complexity index is 741. The van der Waals surface area contributed by atoms with Crippen LogP contribution in [0, 0.1) is 0 Å². The van der Waals surface area contributed by atoms with E-state index in [2.05, 4.69) is 14.8 Å². The highest BCUT2D eigenvalue weighted by Gasteiger charge is 2.33. The van der Waals surface area contributed by atoms with Crippen LogP contribution in [0.5, 0.6) is 5.75 Å². The summed E-state index contributed by atoms with van der Waals surface area (Å²) in [4.78, 5) is 0. The summed E-state index contributed by atoms with van der Waals surface area (Å²) in [6, 6.07) is 3.22. The Balaban J connectivity index is 1.64. The van der Waals surface area contributed by atoms with E-state index < -0.39 is 0 Å². The predicted octanol–water partition coefficient (Wildman–Crippen LogP) is 3.52. The normalized spacial score (nSPS) is 21.6. The number of aromatic hydroxyl groups is 1. The van der Waals surface area contributed by atoms with Gasteiger partial charge in [-0.25, -0.2) is 0 Å². The van der Waals surface area contributed by atoms with Crippen LogP contribution in [-0.2, 0) is 17.7 Å². The quantitative estimate of drug-likeness (QED) is 0.896. The van der Waals surface area contributed by atoms with E-state index >= 15 is 0 Å². The molecule has 0 aliphatic carbocycles. The van der Waals surface area contributed by atoms with Crippen molar-refractivity contribution in [3.05, 3.63) is 39.4 Å². The van der Waals surface area contributed by atoms with Gasteiger partial charge in [-0.05, 0) is 25.0 Å². The van der Waals surface area contributed by atoms with Crippen molar-refractivity contribution in [2.24, 2.45) is 0 Å². The van der Waals surface area contributed by atoms with Crippen LogP contribution in [0.25, 0.3) is 0 Å². The number of ether oxygens (including phenoxy) is 1. The summed E-state index contributed by atoms with van der Waals surface area (Å²) in [5, 5.41) is 19.8. The van der Waals surface area contributed by atoms with E-state index in [1.165, 1.54) is 0 Å². The lowest BCUT2D eigenvalue weighted by atomic mass is 9.96. The topological polar surface area (TPSA) is 60.2 Å². The molecule has 1 atom stereocenters. The molecule has 1 saturated heterocycles. The van der Waals surface area contributed by atoms with Crippen molar-refractivity contribution >= 4 is 23.2 Å². The van der Waals surface area contributed by atoms with Gasteiger partial charge in [0.1, 0.15) is 17.4 Å². The first-order valence-corrected chi connectivity index (χ1v) is 8.57. The molecular formula is C16H17Cl2N3O2. The van der Waals surface area contributed by atoms with E-state index in [9.17, 15) is 5.11 Å². The Morgan fingerprint density at radius 3 is 2.70 bits per heavy atom. The van der Waals surface area contributed by atoms with E-state index in [1.54, 1.807) is 12.1 Å². The largest absolute Gasteiger partial charge is 0.508 e. The minimum absolute atomic E-state index is 0.0743. The first kappa shape index (κ1) is 15.2. The standard InChI is InChI=1S/C16H17Cl2N3O2/c17-11-1-2-12(22)14(15(11)18)10-7-13-19-20-16(21(13)8-10)9-3-5-23-6-4-9/h1-2,9-10,22H,3-8H2/t10-/m1/s1. The molecule has 0 saturated carbocycles. The summed E-state index contributed by atoms with van der Waals surface area (Å²) >= 11 is 12.4. The van der Waals surface area contributed by atoms with Crippen LogP contribution in [0.3, 0.4) is 0 Å². The van der Waals surface area contributed by atoms with Crippen molar-refractivity contribution in [2.45, 2.75) is 37.6 Å². The van der Waals surface area contributed by atoms with Crippen LogP contribution in [-0.4, -0.2) is 33.1 Å². The molecule has 0 radical (unpaired) electrons. The summed E-state index contributed by atoms with van der Waals surface area (Å²) in [5.74, 6) is 2.64. The molecule has 2 aromatic rings. The maximum absolute atomic E-state index is 10.2. The van der Waals surface area contributed by atoms with E-state index in [4.69, 9.17) is 27.9 Å². The van der Waals surface area contributed by atoms with Gasteiger partial charge in [-0.15, -0.1) is 10.2 Å². The van der Waals surface area contributed by atoms with Gasteiger partial charge in [-0.1, -0.05) is 23.2 Å². The van der Waals surface area contributed by atoms with Gasteiger partial charge in [0, 0.05) is 43.6 Å². The van der Waals surface area contributed by atoms with Gasteiger partial charge in [0.15, 0.2) is 0 Å². The minimum Gasteiger partial charge on any atom is -0.508 e. The fourth-order valence-corrected chi connectivity index (χ4v) is 4.08. The second-order valence-corrected chi connectivity index (χ2v) is 6.95. The Morgan fingerprint density at radius 2 is 1.91 bits per heavy atom. The monoisotopic (exact) mass is 353 g/mol. The predicted molar refractivity (Wildman–Crippen MR) is 87.4 cm³/mol. The van der Waals surface area contributed by atoms with Crippen molar-refractivity contribution in [3.63, 3.8) is 0 Å². The molecule has 3 heterocycles. The highest BCUT2D eigenvalue weighted by Crippen LogP contribution is 2.42.